The second-order valence-corrected chi connectivity index (χ2v) is 4.50. The van der Waals surface area contributed by atoms with E-state index < -0.39 is 6.04 Å². The second kappa shape index (κ2) is 6.53. The molecule has 0 saturated heterocycles. The summed E-state index contributed by atoms with van der Waals surface area (Å²) in [5.74, 6) is -0.244. The summed E-state index contributed by atoms with van der Waals surface area (Å²) in [4.78, 5) is 11.7. The van der Waals surface area contributed by atoms with Gasteiger partial charge < -0.3 is 5.32 Å². The van der Waals surface area contributed by atoms with Gasteiger partial charge in [0.05, 0.1) is 6.07 Å². The van der Waals surface area contributed by atoms with E-state index in [4.69, 9.17) is 5.26 Å². The number of carbonyl (C=O) groups is 1. The number of benzene rings is 2. The van der Waals surface area contributed by atoms with Crippen molar-refractivity contribution >= 4 is 22.8 Å². The van der Waals surface area contributed by atoms with Crippen molar-refractivity contribution in [3.8, 4) is 6.07 Å². The van der Waals surface area contributed by atoms with Gasteiger partial charge in [-0.05, 0) is 28.8 Å². The van der Waals surface area contributed by atoms with Crippen LogP contribution < -0.4 is 5.32 Å². The molecule has 0 spiro atoms. The van der Waals surface area contributed by atoms with Crippen LogP contribution in [0.25, 0.3) is 16.8 Å². The summed E-state index contributed by atoms with van der Waals surface area (Å²) < 4.78 is 0. The van der Waals surface area contributed by atoms with Crippen LogP contribution in [0.5, 0.6) is 0 Å². The van der Waals surface area contributed by atoms with Gasteiger partial charge in [0.15, 0.2) is 0 Å². The Labute approximate surface area is 118 Å². The minimum Gasteiger partial charge on any atom is -0.337 e. The highest BCUT2D eigenvalue weighted by atomic mass is 16.1. The molecule has 20 heavy (non-hydrogen) atoms. The number of fused-ring (bicyclic) bond motifs is 1. The van der Waals surface area contributed by atoms with E-state index in [0.717, 1.165) is 16.3 Å². The number of nitrogens with zero attached hydrogens (tertiary/aromatic N) is 1. The summed E-state index contributed by atoms with van der Waals surface area (Å²) in [7, 11) is 0. The molecule has 0 bridgehead atoms. The smallest absolute Gasteiger partial charge is 0.245 e. The molecule has 2 aromatic rings. The minimum atomic E-state index is -0.431. The van der Waals surface area contributed by atoms with Gasteiger partial charge in [-0.15, -0.1) is 0 Å². The normalized spacial score (nSPS) is 12.2. The van der Waals surface area contributed by atoms with Gasteiger partial charge in [-0.25, -0.2) is 0 Å². The number of nitrogens with one attached hydrogen (secondary N) is 1. The maximum absolute atomic E-state index is 11.7. The zero-order chi connectivity index (χ0) is 14.4. The van der Waals surface area contributed by atoms with Gasteiger partial charge in [0.1, 0.15) is 6.04 Å². The van der Waals surface area contributed by atoms with E-state index in [1.54, 1.807) is 6.08 Å². The first-order chi connectivity index (χ1) is 9.74. The van der Waals surface area contributed by atoms with Gasteiger partial charge in [-0.2, -0.15) is 5.26 Å². The number of hydrogen-bond acceptors (Lipinski definition) is 2. The van der Waals surface area contributed by atoms with E-state index >= 15 is 0 Å². The van der Waals surface area contributed by atoms with Gasteiger partial charge in [0.25, 0.3) is 0 Å². The molecule has 3 heteroatoms. The molecule has 1 atom stereocenters. The molecule has 0 radical (unpaired) electrons. The second-order valence-electron chi connectivity index (χ2n) is 4.50. The van der Waals surface area contributed by atoms with Crippen LogP contribution in [0.2, 0.25) is 0 Å². The highest BCUT2D eigenvalue weighted by molar-refractivity contribution is 5.96. The van der Waals surface area contributed by atoms with Crippen molar-refractivity contribution in [3.05, 3.63) is 54.1 Å². The average Bonchev–Trinajstić information content (AvgIpc) is 2.50. The summed E-state index contributed by atoms with van der Waals surface area (Å²) in [6, 6.07) is 15.6. The third kappa shape index (κ3) is 3.24. The molecule has 0 aliphatic rings. The van der Waals surface area contributed by atoms with Crippen molar-refractivity contribution < 1.29 is 4.79 Å². The Bertz CT molecular complexity index is 677. The lowest BCUT2D eigenvalue weighted by molar-refractivity contribution is -0.116. The molecular formula is C17H16N2O. The molecule has 0 fully saturated rings. The predicted octanol–water partition coefficient (Wildman–Crippen LogP) is 3.27. The summed E-state index contributed by atoms with van der Waals surface area (Å²) in [5, 5.41) is 13.7. The first kappa shape index (κ1) is 13.8. The highest BCUT2D eigenvalue weighted by Gasteiger charge is 2.06. The van der Waals surface area contributed by atoms with Gasteiger partial charge >= 0.3 is 0 Å². The highest BCUT2D eigenvalue weighted by Crippen LogP contribution is 2.19. The fraction of sp³-hybridized carbons (Fsp3) is 0.176. The van der Waals surface area contributed by atoms with Gasteiger partial charge in [-0.1, -0.05) is 49.4 Å². The topological polar surface area (TPSA) is 52.9 Å². The van der Waals surface area contributed by atoms with Crippen molar-refractivity contribution in [2.24, 2.45) is 0 Å². The minimum absolute atomic E-state index is 0.244. The number of carbonyl (C=O) groups excluding carboxylic acids is 1. The Morgan fingerprint density at radius 2 is 2.05 bits per heavy atom. The Morgan fingerprint density at radius 3 is 2.80 bits per heavy atom. The molecule has 2 aromatic carbocycles. The SMILES string of the molecule is CC[C@@H](C#N)NC(=O)/C=C\c1cccc2ccccc12. The zero-order valence-corrected chi connectivity index (χ0v) is 11.3. The number of rotatable bonds is 4. The van der Waals surface area contributed by atoms with Gasteiger partial charge in [0.2, 0.25) is 5.91 Å². The lowest BCUT2D eigenvalue weighted by atomic mass is 10.0. The van der Waals surface area contributed by atoms with E-state index in [1.165, 1.54) is 6.08 Å². The van der Waals surface area contributed by atoms with E-state index in [0.29, 0.717) is 6.42 Å². The third-order valence-corrected chi connectivity index (χ3v) is 3.12. The first-order valence-electron chi connectivity index (χ1n) is 6.60. The van der Waals surface area contributed by atoms with Crippen LogP contribution in [0.3, 0.4) is 0 Å². The lowest BCUT2D eigenvalue weighted by Crippen LogP contribution is -2.31. The van der Waals surface area contributed by atoms with Gasteiger partial charge in [0, 0.05) is 6.08 Å². The maximum Gasteiger partial charge on any atom is 0.245 e. The molecule has 1 N–H and O–H groups in total. The summed E-state index contributed by atoms with van der Waals surface area (Å²) in [6.45, 7) is 1.86. The molecule has 0 aromatic heterocycles. The number of amides is 1. The molecule has 0 saturated carbocycles. The Hall–Kier alpha value is -2.60. The molecule has 0 unspecified atom stereocenters. The summed E-state index contributed by atoms with van der Waals surface area (Å²) in [6.07, 6.45) is 3.86. The van der Waals surface area contributed by atoms with Gasteiger partial charge in [-0.3, -0.25) is 4.79 Å². The quantitative estimate of drug-likeness (QED) is 0.862. The van der Waals surface area contributed by atoms with Crippen LogP contribution in [-0.4, -0.2) is 11.9 Å². The molecule has 2 rings (SSSR count). The van der Waals surface area contributed by atoms with Crippen molar-refractivity contribution in [1.29, 1.82) is 5.26 Å². The molecule has 3 nitrogen and oxygen atoms in total. The first-order valence-corrected chi connectivity index (χ1v) is 6.60. The average molecular weight is 264 g/mol. The monoisotopic (exact) mass is 264 g/mol. The van der Waals surface area contributed by atoms with E-state index in [-0.39, 0.29) is 5.91 Å². The van der Waals surface area contributed by atoms with Crippen LogP contribution in [0.1, 0.15) is 18.9 Å². The maximum atomic E-state index is 11.7. The molecule has 1 amide bonds. The largest absolute Gasteiger partial charge is 0.337 e. The number of nitriles is 1. The molecule has 0 heterocycles. The van der Waals surface area contributed by atoms with Crippen LogP contribution >= 0.6 is 0 Å². The summed E-state index contributed by atoms with van der Waals surface area (Å²) >= 11 is 0. The van der Waals surface area contributed by atoms with Crippen molar-refractivity contribution in [2.45, 2.75) is 19.4 Å². The fourth-order valence-electron chi connectivity index (χ4n) is 2.01. The fourth-order valence-corrected chi connectivity index (χ4v) is 2.01. The van der Waals surface area contributed by atoms with Crippen molar-refractivity contribution in [2.75, 3.05) is 0 Å². The third-order valence-electron chi connectivity index (χ3n) is 3.12. The van der Waals surface area contributed by atoms with Crippen LogP contribution in [0.4, 0.5) is 0 Å². The van der Waals surface area contributed by atoms with E-state index in [9.17, 15) is 4.79 Å². The summed E-state index contributed by atoms with van der Waals surface area (Å²) in [5.41, 5.74) is 0.989. The molecular weight excluding hydrogens is 248 g/mol. The standard InChI is InChI=1S/C17H16N2O/c1-2-15(12-18)19-17(20)11-10-14-8-5-7-13-6-3-4-9-16(13)14/h3-11,15H,2H2,1H3,(H,19,20)/b11-10-/t15-/m0/s1. The molecule has 100 valence electrons. The van der Waals surface area contributed by atoms with Crippen LogP contribution in [0.15, 0.2) is 48.5 Å². The van der Waals surface area contributed by atoms with Crippen molar-refractivity contribution in [1.82, 2.24) is 5.32 Å². The van der Waals surface area contributed by atoms with Crippen molar-refractivity contribution in [3.63, 3.8) is 0 Å². The Kier molecular flexibility index (Phi) is 4.52. The lowest BCUT2D eigenvalue weighted by Gasteiger charge is -2.06. The Morgan fingerprint density at radius 1 is 1.30 bits per heavy atom. The zero-order valence-electron chi connectivity index (χ0n) is 11.3. The molecule has 0 aliphatic carbocycles. The van der Waals surface area contributed by atoms with E-state index in [1.807, 2.05) is 55.5 Å². The van der Waals surface area contributed by atoms with E-state index in [2.05, 4.69) is 5.32 Å². The van der Waals surface area contributed by atoms with Crippen LogP contribution in [-0.2, 0) is 4.79 Å². The molecule has 0 aliphatic heterocycles. The Balaban J connectivity index is 2.18. The predicted molar refractivity (Wildman–Crippen MR) is 80.8 cm³/mol. The number of hydrogen-bond donors (Lipinski definition) is 1. The van der Waals surface area contributed by atoms with Crippen LogP contribution in [0, 0.1) is 11.3 Å².